The second-order valence-corrected chi connectivity index (χ2v) is 9.44. The predicted molar refractivity (Wildman–Crippen MR) is 144 cm³/mol. The van der Waals surface area contributed by atoms with E-state index < -0.39 is 0 Å². The van der Waals surface area contributed by atoms with Gasteiger partial charge >= 0.3 is 0 Å². The lowest BCUT2D eigenvalue weighted by atomic mass is 9.89. The van der Waals surface area contributed by atoms with Gasteiger partial charge < -0.3 is 24.7 Å². The van der Waals surface area contributed by atoms with Crippen molar-refractivity contribution in [1.29, 1.82) is 0 Å². The molecule has 35 heavy (non-hydrogen) atoms. The zero-order valence-electron chi connectivity index (χ0n) is 20.7. The summed E-state index contributed by atoms with van der Waals surface area (Å²) in [6.07, 6.45) is 9.44. The maximum Gasteiger partial charge on any atom is 0.161 e. The average Bonchev–Trinajstić information content (AvgIpc) is 3.32. The Balaban J connectivity index is 1.32. The number of aromatic nitrogens is 1. The minimum absolute atomic E-state index is 0.423. The van der Waals surface area contributed by atoms with Crippen LogP contribution in [-0.2, 0) is 13.1 Å². The number of fused-ring (bicyclic) bond motifs is 1. The monoisotopic (exact) mass is 469 g/mol. The second-order valence-electron chi connectivity index (χ2n) is 9.44. The molecule has 1 aliphatic rings. The lowest BCUT2D eigenvalue weighted by Crippen LogP contribution is -2.45. The fourth-order valence-corrected chi connectivity index (χ4v) is 5.22. The third kappa shape index (κ3) is 5.46. The van der Waals surface area contributed by atoms with Crippen molar-refractivity contribution in [3.05, 3.63) is 90.3 Å². The molecule has 0 bridgehead atoms. The van der Waals surface area contributed by atoms with E-state index in [1.807, 2.05) is 12.1 Å². The number of benzene rings is 3. The van der Waals surface area contributed by atoms with Crippen LogP contribution in [0.5, 0.6) is 11.5 Å². The quantitative estimate of drug-likeness (QED) is 0.306. The fourth-order valence-electron chi connectivity index (χ4n) is 5.22. The summed E-state index contributed by atoms with van der Waals surface area (Å²) in [5.74, 6) is 1.51. The lowest BCUT2D eigenvalue weighted by molar-refractivity contribution is 0.342. The number of hydrogen-bond acceptors (Lipinski definition) is 4. The Hall–Kier alpha value is -3.44. The third-order valence-electron chi connectivity index (χ3n) is 7.07. The summed E-state index contributed by atoms with van der Waals surface area (Å²) < 4.78 is 13.1. The highest BCUT2D eigenvalue weighted by Gasteiger charge is 2.25. The van der Waals surface area contributed by atoms with Crippen LogP contribution in [0.15, 0.2) is 79.1 Å². The molecule has 5 rings (SSSR count). The van der Waals surface area contributed by atoms with Crippen LogP contribution in [0.2, 0.25) is 0 Å². The molecule has 5 nitrogen and oxygen atoms in total. The van der Waals surface area contributed by atoms with E-state index in [0.29, 0.717) is 12.1 Å². The van der Waals surface area contributed by atoms with Crippen LogP contribution in [-0.4, -0.2) is 30.9 Å². The van der Waals surface area contributed by atoms with E-state index in [4.69, 9.17) is 9.47 Å². The van der Waals surface area contributed by atoms with Crippen molar-refractivity contribution < 1.29 is 9.47 Å². The second kappa shape index (κ2) is 10.9. The highest BCUT2D eigenvalue weighted by atomic mass is 16.5. The topological polar surface area (TPSA) is 47.5 Å². The van der Waals surface area contributed by atoms with Crippen LogP contribution < -0.4 is 20.1 Å². The van der Waals surface area contributed by atoms with Gasteiger partial charge in [0.1, 0.15) is 0 Å². The molecule has 0 aliphatic heterocycles. The van der Waals surface area contributed by atoms with Crippen molar-refractivity contribution in [3.63, 3.8) is 0 Å². The summed E-state index contributed by atoms with van der Waals surface area (Å²) in [5.41, 5.74) is 3.73. The van der Waals surface area contributed by atoms with Crippen molar-refractivity contribution >= 4 is 16.5 Å². The van der Waals surface area contributed by atoms with Crippen molar-refractivity contribution in [3.8, 4) is 11.5 Å². The fraction of sp³-hybridized carbons (Fsp3) is 0.333. The van der Waals surface area contributed by atoms with Crippen molar-refractivity contribution in [2.24, 2.45) is 0 Å². The van der Waals surface area contributed by atoms with Gasteiger partial charge in [-0.15, -0.1) is 0 Å². The Kier molecular flexibility index (Phi) is 7.24. The van der Waals surface area contributed by atoms with E-state index in [-0.39, 0.29) is 0 Å². The Labute approximate surface area is 208 Å². The molecule has 182 valence electrons. The number of methoxy groups -OCH3 is 2. The van der Waals surface area contributed by atoms with Gasteiger partial charge in [-0.3, -0.25) is 0 Å². The molecule has 2 atom stereocenters. The summed E-state index contributed by atoms with van der Waals surface area (Å²) in [4.78, 5) is 0. The van der Waals surface area contributed by atoms with Gasteiger partial charge in [0.25, 0.3) is 0 Å². The minimum atomic E-state index is 0.423. The van der Waals surface area contributed by atoms with Crippen LogP contribution in [0.3, 0.4) is 0 Å². The first kappa shape index (κ1) is 23.3. The number of anilines is 1. The van der Waals surface area contributed by atoms with Crippen LogP contribution in [0.1, 0.15) is 36.8 Å². The number of hydrogen-bond donors (Lipinski definition) is 2. The Morgan fingerprint density at radius 1 is 0.800 bits per heavy atom. The van der Waals surface area contributed by atoms with E-state index in [1.54, 1.807) is 14.2 Å². The third-order valence-corrected chi connectivity index (χ3v) is 7.07. The van der Waals surface area contributed by atoms with Crippen molar-refractivity contribution in [2.45, 2.75) is 50.9 Å². The van der Waals surface area contributed by atoms with Gasteiger partial charge in [-0.05, 0) is 42.2 Å². The highest BCUT2D eigenvalue weighted by molar-refractivity contribution is 5.94. The molecule has 1 fully saturated rings. The smallest absolute Gasteiger partial charge is 0.161 e. The molecule has 4 aromatic rings. The first-order valence-corrected chi connectivity index (χ1v) is 12.6. The maximum absolute atomic E-state index is 5.49. The summed E-state index contributed by atoms with van der Waals surface area (Å²) in [7, 11) is 3.34. The Bertz CT molecular complexity index is 1250. The van der Waals surface area contributed by atoms with Gasteiger partial charge in [0, 0.05) is 54.0 Å². The zero-order chi connectivity index (χ0) is 24.0. The van der Waals surface area contributed by atoms with E-state index in [2.05, 4.69) is 82.2 Å². The summed E-state index contributed by atoms with van der Waals surface area (Å²) in [6.45, 7) is 1.69. The molecular weight excluding hydrogens is 434 g/mol. The average molecular weight is 470 g/mol. The zero-order valence-corrected chi connectivity index (χ0v) is 20.7. The number of nitrogens with zero attached hydrogens (tertiary/aromatic N) is 1. The van der Waals surface area contributed by atoms with Gasteiger partial charge in [0.05, 0.1) is 14.2 Å². The molecule has 1 saturated carbocycles. The molecular formula is C30H35N3O2. The lowest BCUT2D eigenvalue weighted by Gasteiger charge is -2.34. The molecule has 0 radical (unpaired) electrons. The Morgan fingerprint density at radius 2 is 1.60 bits per heavy atom. The van der Waals surface area contributed by atoms with Gasteiger partial charge in [-0.2, -0.15) is 0 Å². The van der Waals surface area contributed by atoms with Crippen molar-refractivity contribution in [1.82, 2.24) is 9.88 Å². The molecule has 0 saturated heterocycles. The number of nitrogens with one attached hydrogen (secondary N) is 2. The van der Waals surface area contributed by atoms with Crippen LogP contribution in [0, 0.1) is 0 Å². The number of rotatable bonds is 9. The largest absolute Gasteiger partial charge is 0.493 e. The SMILES string of the molecule is COc1ccc(Cn2cc3cccc(N[C@@H]4CCCC[C@H]4NCc4ccccc4)c3c2)cc1OC. The van der Waals surface area contributed by atoms with Gasteiger partial charge in [-0.1, -0.05) is 61.4 Å². The molecule has 3 aromatic carbocycles. The van der Waals surface area contributed by atoms with E-state index in [9.17, 15) is 0 Å². The van der Waals surface area contributed by atoms with E-state index in [1.165, 1.54) is 53.3 Å². The van der Waals surface area contributed by atoms with Gasteiger partial charge in [0.2, 0.25) is 0 Å². The molecule has 5 heteroatoms. The summed E-state index contributed by atoms with van der Waals surface area (Å²) >= 11 is 0. The van der Waals surface area contributed by atoms with E-state index in [0.717, 1.165) is 24.6 Å². The molecule has 0 unspecified atom stereocenters. The van der Waals surface area contributed by atoms with Crippen LogP contribution >= 0.6 is 0 Å². The minimum Gasteiger partial charge on any atom is -0.493 e. The van der Waals surface area contributed by atoms with Crippen molar-refractivity contribution in [2.75, 3.05) is 19.5 Å². The summed E-state index contributed by atoms with van der Waals surface area (Å²) in [6, 6.07) is 24.2. The molecule has 1 aliphatic carbocycles. The van der Waals surface area contributed by atoms with Crippen LogP contribution in [0.25, 0.3) is 10.8 Å². The molecule has 1 heterocycles. The van der Waals surface area contributed by atoms with Gasteiger partial charge in [0.15, 0.2) is 11.5 Å². The molecule has 0 spiro atoms. The van der Waals surface area contributed by atoms with Gasteiger partial charge in [-0.25, -0.2) is 0 Å². The standard InChI is InChI=1S/C30H35N3O2/c1-34-29-16-15-23(17-30(29)35-2)19-33-20-24-11-8-14-26(25(24)21-33)32-28-13-7-6-12-27(28)31-18-22-9-4-3-5-10-22/h3-5,8-11,14-17,20-21,27-28,31-32H,6-7,12-13,18-19H2,1-2H3/t27-,28-/m1/s1. The Morgan fingerprint density at radius 3 is 2.40 bits per heavy atom. The van der Waals surface area contributed by atoms with Crippen LogP contribution in [0.4, 0.5) is 5.69 Å². The molecule has 0 amide bonds. The summed E-state index contributed by atoms with van der Waals surface area (Å²) in [5, 5.41) is 10.2. The normalized spacial score (nSPS) is 17.9. The van der Waals surface area contributed by atoms with E-state index >= 15 is 0 Å². The first-order chi connectivity index (χ1) is 17.2. The number of ether oxygens (including phenoxy) is 2. The molecule has 1 aromatic heterocycles. The maximum atomic E-state index is 5.49. The molecule has 2 N–H and O–H groups in total. The highest BCUT2D eigenvalue weighted by Crippen LogP contribution is 2.31. The predicted octanol–water partition coefficient (Wildman–Crippen LogP) is 6.22. The first-order valence-electron chi connectivity index (χ1n) is 12.6.